The lowest BCUT2D eigenvalue weighted by Crippen LogP contribution is -2.31. The number of hydrogen-bond acceptors (Lipinski definition) is 2. The zero-order valence-corrected chi connectivity index (χ0v) is 10.7. The van der Waals surface area contributed by atoms with Crippen LogP contribution in [0.15, 0.2) is 22.7 Å². The summed E-state index contributed by atoms with van der Waals surface area (Å²) < 4.78 is 0.719. The Balaban J connectivity index is 2.96. The molecule has 0 saturated heterocycles. The van der Waals surface area contributed by atoms with Gasteiger partial charge >= 0.3 is 0 Å². The molecule has 1 aromatic rings. The second kappa shape index (κ2) is 5.49. The molecule has 0 aliphatic heterocycles. The number of rotatable bonds is 3. The van der Waals surface area contributed by atoms with Gasteiger partial charge in [-0.05, 0) is 28.1 Å². The zero-order chi connectivity index (χ0) is 11.4. The summed E-state index contributed by atoms with van der Waals surface area (Å²) in [5.74, 6) is -0.119. The number of halogens is 2. The molecule has 3 nitrogen and oxygen atoms in total. The number of carbonyl (C=O) groups excluding carboxylic acids is 1. The second-order valence-electron chi connectivity index (χ2n) is 3.12. The lowest BCUT2D eigenvalue weighted by Gasteiger charge is -2.16. The van der Waals surface area contributed by atoms with Crippen LogP contribution in [0, 0.1) is 0 Å². The predicted octanol–water partition coefficient (Wildman–Crippen LogP) is 2.13. The van der Waals surface area contributed by atoms with Gasteiger partial charge in [-0.25, -0.2) is 0 Å². The van der Waals surface area contributed by atoms with Gasteiger partial charge in [-0.2, -0.15) is 0 Å². The van der Waals surface area contributed by atoms with Crippen molar-refractivity contribution in [2.45, 2.75) is 0 Å². The predicted molar refractivity (Wildman–Crippen MR) is 65.2 cm³/mol. The SMILES string of the molecule is CN(CCN)C(=O)c1cccc(Br)c1Cl. The van der Waals surface area contributed by atoms with E-state index in [-0.39, 0.29) is 5.91 Å². The fraction of sp³-hybridized carbons (Fsp3) is 0.300. The van der Waals surface area contributed by atoms with Crippen LogP contribution >= 0.6 is 27.5 Å². The van der Waals surface area contributed by atoms with Crippen LogP contribution in [0.25, 0.3) is 0 Å². The van der Waals surface area contributed by atoms with Crippen molar-refractivity contribution in [3.8, 4) is 0 Å². The Morgan fingerprint density at radius 2 is 2.27 bits per heavy atom. The van der Waals surface area contributed by atoms with Crippen LogP contribution in [0.5, 0.6) is 0 Å². The summed E-state index contributed by atoms with van der Waals surface area (Å²) in [5.41, 5.74) is 5.87. The van der Waals surface area contributed by atoms with Crippen molar-refractivity contribution in [1.82, 2.24) is 4.90 Å². The van der Waals surface area contributed by atoms with Crippen molar-refractivity contribution in [3.05, 3.63) is 33.3 Å². The lowest BCUT2D eigenvalue weighted by molar-refractivity contribution is 0.0799. The van der Waals surface area contributed by atoms with Gasteiger partial charge in [0.25, 0.3) is 5.91 Å². The Hall–Kier alpha value is -0.580. The topological polar surface area (TPSA) is 46.3 Å². The van der Waals surface area contributed by atoms with E-state index in [1.807, 2.05) is 0 Å². The Labute approximate surface area is 102 Å². The van der Waals surface area contributed by atoms with E-state index in [4.69, 9.17) is 17.3 Å². The first-order valence-electron chi connectivity index (χ1n) is 4.47. The Morgan fingerprint density at radius 3 is 2.87 bits per heavy atom. The first-order chi connectivity index (χ1) is 7.07. The molecule has 0 bridgehead atoms. The van der Waals surface area contributed by atoms with Gasteiger partial charge in [0.1, 0.15) is 0 Å². The van der Waals surface area contributed by atoms with Crippen LogP contribution in [0.4, 0.5) is 0 Å². The third-order valence-electron chi connectivity index (χ3n) is 1.99. The van der Waals surface area contributed by atoms with Crippen molar-refractivity contribution < 1.29 is 4.79 Å². The molecule has 0 spiro atoms. The third kappa shape index (κ3) is 2.93. The number of nitrogens with two attached hydrogens (primary N) is 1. The van der Waals surface area contributed by atoms with Crippen molar-refractivity contribution >= 4 is 33.4 Å². The largest absolute Gasteiger partial charge is 0.340 e. The summed E-state index contributed by atoms with van der Waals surface area (Å²) >= 11 is 9.28. The molecular weight excluding hydrogens is 279 g/mol. The highest BCUT2D eigenvalue weighted by atomic mass is 79.9. The molecule has 1 aromatic carbocycles. The maximum atomic E-state index is 11.9. The summed E-state index contributed by atoms with van der Waals surface area (Å²) in [6, 6.07) is 5.27. The van der Waals surface area contributed by atoms with E-state index in [9.17, 15) is 4.79 Å². The maximum Gasteiger partial charge on any atom is 0.255 e. The van der Waals surface area contributed by atoms with E-state index in [1.54, 1.807) is 30.1 Å². The van der Waals surface area contributed by atoms with Gasteiger partial charge in [-0.1, -0.05) is 17.7 Å². The van der Waals surface area contributed by atoms with E-state index in [0.29, 0.717) is 23.7 Å². The van der Waals surface area contributed by atoms with Gasteiger partial charge in [0.05, 0.1) is 10.6 Å². The van der Waals surface area contributed by atoms with Crippen LogP contribution in [0.1, 0.15) is 10.4 Å². The fourth-order valence-corrected chi connectivity index (χ4v) is 1.74. The normalized spacial score (nSPS) is 10.1. The molecule has 0 aliphatic carbocycles. The molecule has 0 aliphatic rings. The van der Waals surface area contributed by atoms with Crippen LogP contribution in [0.3, 0.4) is 0 Å². The highest BCUT2D eigenvalue weighted by Gasteiger charge is 2.15. The molecule has 0 fully saturated rings. The molecule has 0 aromatic heterocycles. The number of nitrogens with zero attached hydrogens (tertiary/aromatic N) is 1. The summed E-state index contributed by atoms with van der Waals surface area (Å²) in [7, 11) is 1.70. The third-order valence-corrected chi connectivity index (χ3v) is 3.29. The van der Waals surface area contributed by atoms with Crippen molar-refractivity contribution in [2.24, 2.45) is 5.73 Å². The Kier molecular flexibility index (Phi) is 4.57. The van der Waals surface area contributed by atoms with Gasteiger partial charge in [0.15, 0.2) is 0 Å². The standard InChI is InChI=1S/C10H12BrClN2O/c1-14(6-5-13)10(15)7-3-2-4-8(11)9(7)12/h2-4H,5-6,13H2,1H3. The van der Waals surface area contributed by atoms with Crippen molar-refractivity contribution in [3.63, 3.8) is 0 Å². The van der Waals surface area contributed by atoms with Gasteiger partial charge in [0, 0.05) is 24.6 Å². The minimum absolute atomic E-state index is 0.119. The fourth-order valence-electron chi connectivity index (χ4n) is 1.17. The molecule has 82 valence electrons. The summed E-state index contributed by atoms with van der Waals surface area (Å²) in [6.45, 7) is 0.954. The van der Waals surface area contributed by atoms with Crippen LogP contribution in [-0.2, 0) is 0 Å². The van der Waals surface area contributed by atoms with E-state index in [1.165, 1.54) is 0 Å². The Morgan fingerprint density at radius 1 is 1.60 bits per heavy atom. The van der Waals surface area contributed by atoms with Crippen LogP contribution in [0.2, 0.25) is 5.02 Å². The van der Waals surface area contributed by atoms with E-state index < -0.39 is 0 Å². The van der Waals surface area contributed by atoms with E-state index >= 15 is 0 Å². The van der Waals surface area contributed by atoms with Crippen LogP contribution in [-0.4, -0.2) is 30.9 Å². The molecule has 0 heterocycles. The minimum atomic E-state index is -0.119. The molecule has 0 saturated carbocycles. The zero-order valence-electron chi connectivity index (χ0n) is 8.34. The van der Waals surface area contributed by atoms with Crippen molar-refractivity contribution in [2.75, 3.05) is 20.1 Å². The molecule has 15 heavy (non-hydrogen) atoms. The number of carbonyl (C=O) groups is 1. The van der Waals surface area contributed by atoms with Gasteiger partial charge in [0.2, 0.25) is 0 Å². The monoisotopic (exact) mass is 290 g/mol. The molecule has 0 atom stereocenters. The molecule has 2 N–H and O–H groups in total. The number of amides is 1. The average molecular weight is 292 g/mol. The lowest BCUT2D eigenvalue weighted by atomic mass is 10.2. The molecule has 0 unspecified atom stereocenters. The maximum absolute atomic E-state index is 11.9. The molecule has 5 heteroatoms. The average Bonchev–Trinajstić information content (AvgIpc) is 2.21. The van der Waals surface area contributed by atoms with E-state index in [0.717, 1.165) is 4.47 Å². The smallest absolute Gasteiger partial charge is 0.255 e. The number of likely N-dealkylation sites (N-methyl/N-ethyl adjacent to an activating group) is 1. The van der Waals surface area contributed by atoms with Crippen LogP contribution < -0.4 is 5.73 Å². The molecule has 1 rings (SSSR count). The number of benzene rings is 1. The molecule has 1 amide bonds. The first kappa shape index (κ1) is 12.5. The summed E-state index contributed by atoms with van der Waals surface area (Å²) in [5, 5.41) is 0.436. The highest BCUT2D eigenvalue weighted by molar-refractivity contribution is 9.10. The minimum Gasteiger partial charge on any atom is -0.340 e. The van der Waals surface area contributed by atoms with Gasteiger partial charge in [-0.15, -0.1) is 0 Å². The summed E-state index contributed by atoms with van der Waals surface area (Å²) in [6.07, 6.45) is 0. The molecule has 0 radical (unpaired) electrons. The van der Waals surface area contributed by atoms with Gasteiger partial charge in [-0.3, -0.25) is 4.79 Å². The second-order valence-corrected chi connectivity index (χ2v) is 4.35. The quantitative estimate of drug-likeness (QED) is 0.927. The molecular formula is C10H12BrClN2O. The first-order valence-corrected chi connectivity index (χ1v) is 5.64. The number of hydrogen-bond donors (Lipinski definition) is 1. The Bertz CT molecular complexity index is 370. The van der Waals surface area contributed by atoms with Crippen molar-refractivity contribution in [1.29, 1.82) is 0 Å². The summed E-state index contributed by atoms with van der Waals surface area (Å²) in [4.78, 5) is 13.4. The highest BCUT2D eigenvalue weighted by Crippen LogP contribution is 2.26. The van der Waals surface area contributed by atoms with Gasteiger partial charge < -0.3 is 10.6 Å². The van der Waals surface area contributed by atoms with E-state index in [2.05, 4.69) is 15.9 Å².